The molecule has 0 unspecified atom stereocenters. The quantitative estimate of drug-likeness (QED) is 0.166. The average Bonchev–Trinajstić information content (AvgIpc) is 1.60. The van der Waals surface area contributed by atoms with E-state index in [9.17, 15) is 0 Å². The minimum absolute atomic E-state index is 0.918. The van der Waals surface area contributed by atoms with Gasteiger partial charge in [-0.3, -0.25) is 0 Å². The molecular formula is C114H69N3O2S. The van der Waals surface area contributed by atoms with Crippen LogP contribution in [0.15, 0.2) is 427 Å². The molecule has 0 fully saturated rings. The van der Waals surface area contributed by atoms with E-state index in [2.05, 4.69) is 432 Å². The van der Waals surface area contributed by atoms with Crippen LogP contribution in [0.3, 0.4) is 0 Å². The van der Waals surface area contributed by atoms with E-state index in [1.54, 1.807) is 0 Å². The molecule has 21 aromatic carbocycles. The van der Waals surface area contributed by atoms with E-state index in [1.807, 2.05) is 11.3 Å². The van der Waals surface area contributed by atoms with Crippen LogP contribution in [0.1, 0.15) is 0 Å². The molecule has 0 N–H and O–H groups in total. The molecule has 0 atom stereocenters. The van der Waals surface area contributed by atoms with E-state index >= 15 is 0 Å². The smallest absolute Gasteiger partial charge is 0.143 e. The van der Waals surface area contributed by atoms with Gasteiger partial charge in [-0.15, -0.1) is 11.3 Å². The van der Waals surface area contributed by atoms with Gasteiger partial charge in [0.25, 0.3) is 0 Å². The molecule has 27 rings (SSSR count). The number of hydrogen-bond donors (Lipinski definition) is 0. The summed E-state index contributed by atoms with van der Waals surface area (Å²) in [6.07, 6.45) is 0. The lowest BCUT2D eigenvalue weighted by atomic mass is 9.99. The number of rotatable bonds is 6. The molecule has 0 aliphatic heterocycles. The number of furan rings is 2. The Labute approximate surface area is 692 Å². The Bertz CT molecular complexity index is 8610. The first kappa shape index (κ1) is 67.7. The Hall–Kier alpha value is -15.6. The number of benzene rings is 21. The van der Waals surface area contributed by atoms with Crippen LogP contribution < -0.4 is 0 Å². The van der Waals surface area contributed by atoms with Gasteiger partial charge in [0.05, 0.1) is 33.1 Å². The van der Waals surface area contributed by atoms with Gasteiger partial charge in [-0.25, -0.2) is 0 Å². The second kappa shape index (κ2) is 27.0. The standard InChI is InChI=1S/2C38H23NO.C38H23NS/c1-2-9-26-21-29(17-13-24(26)7-1)39-35-12-6-5-11-31(35)32-18-15-28(23-36(32)39)27-16-20-37-34(22-27)33-19-14-25-8-3-4-10-30(25)38(33)40-37;2*1-2-9-26-21-29(17-13-24(26)7-1)39-34-12-6-5-11-31(34)32-18-14-28(23-35(32)39)27-16-19-36-33(22-27)38-30-10-4-3-8-25(30)15-20-37(38)40-36/h3*1-23H. The van der Waals surface area contributed by atoms with Gasteiger partial charge in [0.2, 0.25) is 0 Å². The molecule has 27 aromatic rings. The second-order valence-corrected chi connectivity index (χ2v) is 32.9. The molecule has 6 aromatic heterocycles. The minimum Gasteiger partial charge on any atom is -0.456 e. The van der Waals surface area contributed by atoms with E-state index in [0.29, 0.717) is 0 Å². The summed E-state index contributed by atoms with van der Waals surface area (Å²) in [6.45, 7) is 0. The van der Waals surface area contributed by atoms with Crippen molar-refractivity contribution in [3.05, 3.63) is 419 Å². The molecule has 5 nitrogen and oxygen atoms in total. The summed E-state index contributed by atoms with van der Waals surface area (Å²) in [5, 5.41) is 29.9. The van der Waals surface area contributed by atoms with E-state index in [0.717, 1.165) is 43.9 Å². The highest BCUT2D eigenvalue weighted by Crippen LogP contribution is 2.46. The normalized spacial score (nSPS) is 12.0. The van der Waals surface area contributed by atoms with E-state index in [4.69, 9.17) is 8.83 Å². The molecule has 6 heterocycles. The van der Waals surface area contributed by atoms with Crippen LogP contribution >= 0.6 is 11.3 Å². The first-order chi connectivity index (χ1) is 59.4. The molecule has 0 aliphatic rings. The highest BCUT2D eigenvalue weighted by atomic mass is 32.1. The SMILES string of the molecule is c1ccc2cc(-n3c4ccccc4c4ccc(-c5ccc6oc7c8ccccc8ccc7c6c5)cc43)ccc2c1.c1ccc2cc(-n3c4ccccc4c4ccc(-c5ccc6oc7ccc8ccccc8c7c6c5)cc43)ccc2c1.c1ccc2cc(-n3c4ccccc4c4ccc(-c5ccc6sc7ccc8ccccc8c7c6c5)cc43)ccc2c1. The molecule has 0 saturated heterocycles. The van der Waals surface area contributed by atoms with Crippen molar-refractivity contribution in [3.63, 3.8) is 0 Å². The molecule has 0 amide bonds. The van der Waals surface area contributed by atoms with Crippen molar-refractivity contribution in [1.29, 1.82) is 0 Å². The Kier molecular flexibility index (Phi) is 15.2. The van der Waals surface area contributed by atoms with Crippen LogP contribution in [0, 0.1) is 0 Å². The summed E-state index contributed by atoms with van der Waals surface area (Å²) < 4.78 is 22.6. The highest BCUT2D eigenvalue weighted by molar-refractivity contribution is 7.26. The molecule has 0 saturated carbocycles. The van der Waals surface area contributed by atoms with Gasteiger partial charge in [0.1, 0.15) is 22.3 Å². The van der Waals surface area contributed by atoms with Crippen molar-refractivity contribution in [2.24, 2.45) is 0 Å². The number of thiophene rings is 1. The van der Waals surface area contributed by atoms with Gasteiger partial charge >= 0.3 is 0 Å². The zero-order valence-electron chi connectivity index (χ0n) is 64.9. The van der Waals surface area contributed by atoms with Crippen molar-refractivity contribution < 1.29 is 8.83 Å². The lowest BCUT2D eigenvalue weighted by molar-refractivity contribution is 0.669. The van der Waals surface area contributed by atoms with Gasteiger partial charge < -0.3 is 22.5 Å². The van der Waals surface area contributed by atoms with Crippen LogP contribution in [-0.2, 0) is 0 Å². The van der Waals surface area contributed by atoms with Crippen LogP contribution in [0.4, 0.5) is 0 Å². The molecular weight excluding hydrogens is 1480 g/mol. The van der Waals surface area contributed by atoms with Gasteiger partial charge in [-0.2, -0.15) is 0 Å². The van der Waals surface area contributed by atoms with Gasteiger partial charge in [-0.05, 0) is 220 Å². The molecule has 0 aliphatic carbocycles. The maximum atomic E-state index is 6.37. The van der Waals surface area contributed by atoms with Gasteiger partial charge in [0, 0.05) is 96.5 Å². The molecule has 0 bridgehead atoms. The third-order valence-electron chi connectivity index (χ3n) is 25.1. The van der Waals surface area contributed by atoms with Crippen LogP contribution in [0.25, 0.3) is 245 Å². The first-order valence-electron chi connectivity index (χ1n) is 41.1. The summed E-state index contributed by atoms with van der Waals surface area (Å²) >= 11 is 1.88. The average molecular weight is 1540 g/mol. The Morgan fingerprint density at radius 1 is 0.167 bits per heavy atom. The Morgan fingerprint density at radius 3 is 0.975 bits per heavy atom. The maximum Gasteiger partial charge on any atom is 0.143 e. The van der Waals surface area contributed by atoms with Crippen molar-refractivity contribution in [1.82, 2.24) is 13.7 Å². The summed E-state index contributed by atoms with van der Waals surface area (Å²) in [6, 6.07) is 152. The van der Waals surface area contributed by atoms with Gasteiger partial charge in [-0.1, -0.05) is 291 Å². The third kappa shape index (κ3) is 10.9. The molecule has 120 heavy (non-hydrogen) atoms. The second-order valence-electron chi connectivity index (χ2n) is 31.8. The van der Waals surface area contributed by atoms with Crippen LogP contribution in [0.5, 0.6) is 0 Å². The van der Waals surface area contributed by atoms with Crippen molar-refractivity contribution in [3.8, 4) is 50.4 Å². The first-order valence-corrected chi connectivity index (χ1v) is 41.9. The van der Waals surface area contributed by atoms with E-state index < -0.39 is 0 Å². The number of fused-ring (bicyclic) bond motifs is 27. The lowest BCUT2D eigenvalue weighted by Gasteiger charge is -2.10. The predicted octanol–water partition coefficient (Wildman–Crippen LogP) is 32.4. The number of aromatic nitrogens is 3. The Balaban J connectivity index is 0.0000000997. The fourth-order valence-corrected chi connectivity index (χ4v) is 20.5. The topological polar surface area (TPSA) is 41.1 Å². The number of hydrogen-bond acceptors (Lipinski definition) is 3. The highest BCUT2D eigenvalue weighted by Gasteiger charge is 2.22. The molecule has 0 spiro atoms. The summed E-state index contributed by atoms with van der Waals surface area (Å²) in [7, 11) is 0. The lowest BCUT2D eigenvalue weighted by Crippen LogP contribution is -1.94. The minimum atomic E-state index is 0.918. The number of para-hydroxylation sites is 3. The van der Waals surface area contributed by atoms with Crippen LogP contribution in [-0.4, -0.2) is 13.7 Å². The summed E-state index contributed by atoms with van der Waals surface area (Å²) in [5.74, 6) is 0. The fraction of sp³-hybridized carbons (Fsp3) is 0. The monoisotopic (exact) mass is 1540 g/mol. The van der Waals surface area contributed by atoms with Crippen molar-refractivity contribution in [2.75, 3.05) is 0 Å². The summed E-state index contributed by atoms with van der Waals surface area (Å²) in [4.78, 5) is 0. The molecule has 558 valence electrons. The Morgan fingerprint density at radius 2 is 0.483 bits per heavy atom. The zero-order valence-corrected chi connectivity index (χ0v) is 65.7. The van der Waals surface area contributed by atoms with Crippen molar-refractivity contribution >= 4 is 205 Å². The molecule has 6 heteroatoms. The predicted molar refractivity (Wildman–Crippen MR) is 511 cm³/mol. The summed E-state index contributed by atoms with van der Waals surface area (Å²) in [5.41, 5.74) is 21.8. The van der Waals surface area contributed by atoms with Gasteiger partial charge in [0.15, 0.2) is 0 Å². The zero-order chi connectivity index (χ0) is 78.6. The fourth-order valence-electron chi connectivity index (χ4n) is 19.4. The van der Waals surface area contributed by atoms with E-state index in [-0.39, 0.29) is 0 Å². The molecule has 0 radical (unpaired) electrons. The largest absolute Gasteiger partial charge is 0.456 e. The van der Waals surface area contributed by atoms with Crippen molar-refractivity contribution in [2.45, 2.75) is 0 Å². The maximum absolute atomic E-state index is 6.37. The van der Waals surface area contributed by atoms with Crippen LogP contribution in [0.2, 0.25) is 0 Å². The van der Waals surface area contributed by atoms with E-state index in [1.165, 1.54) is 201 Å². The third-order valence-corrected chi connectivity index (χ3v) is 26.2. The number of nitrogens with zero attached hydrogens (tertiary/aromatic N) is 3.